The quantitative estimate of drug-likeness (QED) is 0.843. The zero-order chi connectivity index (χ0) is 14.1. The average Bonchev–Trinajstić information content (AvgIpc) is 2.09. The Hall–Kier alpha value is -1.39. The van der Waals surface area contributed by atoms with Gasteiger partial charge in [-0.15, -0.1) is 0 Å². The van der Waals surface area contributed by atoms with Crippen molar-refractivity contribution in [1.29, 1.82) is 0 Å². The van der Waals surface area contributed by atoms with Gasteiger partial charge in [-0.1, -0.05) is 41.5 Å². The van der Waals surface area contributed by atoms with Gasteiger partial charge in [-0.25, -0.2) is 0 Å². The number of nitrogen functional groups attached to an aromatic ring is 2. The summed E-state index contributed by atoms with van der Waals surface area (Å²) in [6.45, 7) is 13.2. The highest BCUT2D eigenvalue weighted by Crippen LogP contribution is 2.41. The molecule has 5 nitrogen and oxygen atoms in total. The van der Waals surface area contributed by atoms with Gasteiger partial charge in [0, 0.05) is 5.92 Å². The fourth-order valence-corrected chi connectivity index (χ4v) is 1.98. The predicted octanol–water partition coefficient (Wildman–Crippen LogP) is 2.60. The molecule has 0 aliphatic rings. The molecule has 102 valence electrons. The molecule has 0 aliphatic carbocycles. The Morgan fingerprint density at radius 2 is 1.33 bits per heavy atom. The van der Waals surface area contributed by atoms with Crippen molar-refractivity contribution in [3.05, 3.63) is 5.82 Å². The van der Waals surface area contributed by atoms with Crippen LogP contribution in [0.15, 0.2) is 0 Å². The standard InChI is InChI=1S/C13H25N5/c1-12(2,3)7-8(13(4,5)6)9-16-10(14)18-11(15)17-9/h8H,7H2,1-6H3,(H4,14,15,16,17,18). The van der Waals surface area contributed by atoms with E-state index in [-0.39, 0.29) is 28.6 Å². The molecule has 0 saturated heterocycles. The molecule has 0 radical (unpaired) electrons. The van der Waals surface area contributed by atoms with Crippen molar-refractivity contribution in [2.24, 2.45) is 10.8 Å². The molecule has 0 aromatic carbocycles. The van der Waals surface area contributed by atoms with Gasteiger partial charge in [-0.2, -0.15) is 15.0 Å². The minimum atomic E-state index is 0.0491. The van der Waals surface area contributed by atoms with Crippen LogP contribution in [0.2, 0.25) is 0 Å². The van der Waals surface area contributed by atoms with Crippen molar-refractivity contribution in [3.63, 3.8) is 0 Å². The van der Waals surface area contributed by atoms with Gasteiger partial charge < -0.3 is 11.5 Å². The average molecular weight is 251 g/mol. The summed E-state index contributed by atoms with van der Waals surface area (Å²) in [4.78, 5) is 12.3. The zero-order valence-corrected chi connectivity index (χ0v) is 12.3. The van der Waals surface area contributed by atoms with Gasteiger partial charge in [-0.3, -0.25) is 0 Å². The fourth-order valence-electron chi connectivity index (χ4n) is 1.98. The van der Waals surface area contributed by atoms with Crippen molar-refractivity contribution in [2.75, 3.05) is 11.5 Å². The first kappa shape index (κ1) is 14.7. The molecule has 1 unspecified atom stereocenters. The van der Waals surface area contributed by atoms with Crippen LogP contribution in [0.4, 0.5) is 11.9 Å². The molecule has 0 saturated carbocycles. The SMILES string of the molecule is CC(C)(C)CC(c1nc(N)nc(N)n1)C(C)(C)C. The van der Waals surface area contributed by atoms with Crippen LogP contribution in [0.25, 0.3) is 0 Å². The summed E-state index contributed by atoms with van der Waals surface area (Å²) in [7, 11) is 0. The van der Waals surface area contributed by atoms with E-state index in [0.717, 1.165) is 6.42 Å². The molecule has 0 fully saturated rings. The number of aromatic nitrogens is 3. The largest absolute Gasteiger partial charge is 0.368 e. The maximum Gasteiger partial charge on any atom is 0.225 e. The van der Waals surface area contributed by atoms with Crippen LogP contribution in [0.5, 0.6) is 0 Å². The van der Waals surface area contributed by atoms with Gasteiger partial charge in [0.1, 0.15) is 5.82 Å². The van der Waals surface area contributed by atoms with E-state index in [1.165, 1.54) is 0 Å². The summed E-state index contributed by atoms with van der Waals surface area (Å²) < 4.78 is 0. The van der Waals surface area contributed by atoms with Crippen molar-refractivity contribution < 1.29 is 0 Å². The van der Waals surface area contributed by atoms with Gasteiger partial charge in [0.05, 0.1) is 0 Å². The number of hydrogen-bond donors (Lipinski definition) is 2. The molecule has 1 atom stereocenters. The van der Waals surface area contributed by atoms with E-state index in [1.807, 2.05) is 0 Å². The van der Waals surface area contributed by atoms with E-state index >= 15 is 0 Å². The first-order valence-corrected chi connectivity index (χ1v) is 6.26. The van der Waals surface area contributed by atoms with Gasteiger partial charge in [0.25, 0.3) is 0 Å². The maximum absolute atomic E-state index is 5.66. The van der Waals surface area contributed by atoms with Crippen LogP contribution in [0.1, 0.15) is 59.7 Å². The number of nitrogens with zero attached hydrogens (tertiary/aromatic N) is 3. The molecule has 0 bridgehead atoms. The van der Waals surface area contributed by atoms with E-state index in [4.69, 9.17) is 11.5 Å². The third-order valence-electron chi connectivity index (χ3n) is 2.86. The second-order valence-corrected chi connectivity index (χ2v) is 7.09. The van der Waals surface area contributed by atoms with Crippen LogP contribution in [0, 0.1) is 10.8 Å². The number of hydrogen-bond acceptors (Lipinski definition) is 5. The highest BCUT2D eigenvalue weighted by Gasteiger charge is 2.32. The third-order valence-corrected chi connectivity index (χ3v) is 2.86. The third kappa shape index (κ3) is 4.13. The minimum Gasteiger partial charge on any atom is -0.368 e. The van der Waals surface area contributed by atoms with Crippen LogP contribution in [-0.4, -0.2) is 15.0 Å². The molecule has 1 heterocycles. The summed E-state index contributed by atoms with van der Waals surface area (Å²) >= 11 is 0. The predicted molar refractivity (Wildman–Crippen MR) is 74.9 cm³/mol. The van der Waals surface area contributed by atoms with Crippen LogP contribution in [-0.2, 0) is 0 Å². The lowest BCUT2D eigenvalue weighted by Gasteiger charge is -2.34. The Kier molecular flexibility index (Phi) is 3.84. The van der Waals surface area contributed by atoms with Gasteiger partial charge in [0.15, 0.2) is 0 Å². The Labute approximate surface area is 109 Å². The second-order valence-electron chi connectivity index (χ2n) is 7.09. The smallest absolute Gasteiger partial charge is 0.225 e. The summed E-state index contributed by atoms with van der Waals surface area (Å²) in [5, 5.41) is 0. The Bertz CT molecular complexity index is 394. The van der Waals surface area contributed by atoms with Crippen molar-refractivity contribution in [3.8, 4) is 0 Å². The molecule has 18 heavy (non-hydrogen) atoms. The Morgan fingerprint density at radius 1 is 0.889 bits per heavy atom. The van der Waals surface area contributed by atoms with Gasteiger partial charge >= 0.3 is 0 Å². The highest BCUT2D eigenvalue weighted by molar-refractivity contribution is 5.27. The lowest BCUT2D eigenvalue weighted by molar-refractivity contribution is 0.221. The number of anilines is 2. The van der Waals surface area contributed by atoms with Crippen molar-refractivity contribution >= 4 is 11.9 Å². The highest BCUT2D eigenvalue weighted by atomic mass is 15.1. The van der Waals surface area contributed by atoms with E-state index in [1.54, 1.807) is 0 Å². The van der Waals surface area contributed by atoms with Crippen LogP contribution >= 0.6 is 0 Å². The van der Waals surface area contributed by atoms with E-state index < -0.39 is 0 Å². The molecule has 0 aliphatic heterocycles. The lowest BCUT2D eigenvalue weighted by atomic mass is 9.72. The summed E-state index contributed by atoms with van der Waals surface area (Å²) in [5.74, 6) is 1.29. The maximum atomic E-state index is 5.66. The van der Waals surface area contributed by atoms with Gasteiger partial charge in [0.2, 0.25) is 11.9 Å². The van der Waals surface area contributed by atoms with E-state index in [0.29, 0.717) is 5.82 Å². The molecule has 1 aromatic rings. The monoisotopic (exact) mass is 251 g/mol. The molecule has 0 spiro atoms. The minimum absolute atomic E-state index is 0.0491. The van der Waals surface area contributed by atoms with Gasteiger partial charge in [-0.05, 0) is 17.3 Å². The summed E-state index contributed by atoms with van der Waals surface area (Å²) in [6, 6.07) is 0. The van der Waals surface area contributed by atoms with Crippen LogP contribution < -0.4 is 11.5 Å². The van der Waals surface area contributed by atoms with E-state index in [2.05, 4.69) is 56.5 Å². The molecule has 0 amide bonds. The van der Waals surface area contributed by atoms with Crippen LogP contribution in [0.3, 0.4) is 0 Å². The second kappa shape index (κ2) is 4.71. The molecular weight excluding hydrogens is 226 g/mol. The number of nitrogens with two attached hydrogens (primary N) is 2. The lowest BCUT2D eigenvalue weighted by Crippen LogP contribution is -2.26. The molecule has 1 rings (SSSR count). The van der Waals surface area contributed by atoms with Crippen molar-refractivity contribution in [2.45, 2.75) is 53.9 Å². The van der Waals surface area contributed by atoms with E-state index in [9.17, 15) is 0 Å². The molecule has 4 N–H and O–H groups in total. The molecular formula is C13H25N5. The number of rotatable bonds is 2. The Morgan fingerprint density at radius 3 is 1.67 bits per heavy atom. The molecule has 5 heteroatoms. The first-order chi connectivity index (χ1) is 7.99. The Balaban J connectivity index is 3.18. The zero-order valence-electron chi connectivity index (χ0n) is 12.3. The normalized spacial score (nSPS) is 14.6. The fraction of sp³-hybridized carbons (Fsp3) is 0.769. The molecule has 1 aromatic heterocycles. The summed E-state index contributed by atoms with van der Waals surface area (Å²) in [5.41, 5.74) is 11.6. The summed E-state index contributed by atoms with van der Waals surface area (Å²) in [6.07, 6.45) is 0.972. The topological polar surface area (TPSA) is 90.7 Å². The van der Waals surface area contributed by atoms with Crippen molar-refractivity contribution in [1.82, 2.24) is 15.0 Å². The first-order valence-electron chi connectivity index (χ1n) is 6.26.